The highest BCUT2D eigenvalue weighted by Gasteiger charge is 2.28. The molecule has 128 valence electrons. The highest BCUT2D eigenvalue weighted by Crippen LogP contribution is 2.25. The highest BCUT2D eigenvalue weighted by atomic mass is 35.5. The Kier molecular flexibility index (Phi) is 5.13. The zero-order chi connectivity index (χ0) is 17.3. The number of morpholine rings is 1. The van der Waals surface area contributed by atoms with E-state index in [9.17, 15) is 4.79 Å². The number of aromatic nitrogens is 2. The quantitative estimate of drug-likeness (QED) is 0.834. The van der Waals surface area contributed by atoms with E-state index in [1.807, 2.05) is 31.2 Å². The molecule has 0 unspecified atom stereocenters. The van der Waals surface area contributed by atoms with Crippen LogP contribution in [0.2, 0.25) is 10.2 Å². The number of ether oxygens (including phenoxy) is 1. The molecule has 1 fully saturated rings. The zero-order valence-electron chi connectivity index (χ0n) is 13.6. The minimum atomic E-state index is -0.0990. The first-order valence-corrected chi connectivity index (χ1v) is 8.60. The van der Waals surface area contributed by atoms with E-state index in [-0.39, 0.29) is 12.0 Å². The molecule has 0 aliphatic carbocycles. The molecule has 0 bridgehead atoms. The van der Waals surface area contributed by atoms with E-state index >= 15 is 0 Å². The molecule has 3 rings (SSSR count). The average Bonchev–Trinajstić information content (AvgIpc) is 2.83. The number of carbonyl (C=O) groups excluding carboxylic acids is 1. The molecule has 1 atom stereocenters. The van der Waals surface area contributed by atoms with Crippen molar-refractivity contribution in [1.29, 1.82) is 0 Å². The number of hydrogen-bond acceptors (Lipinski definition) is 3. The summed E-state index contributed by atoms with van der Waals surface area (Å²) in [5.41, 5.74) is 1.98. The lowest BCUT2D eigenvalue weighted by atomic mass is 10.2. The van der Waals surface area contributed by atoms with Crippen LogP contribution in [0.15, 0.2) is 24.3 Å². The molecule has 1 aliphatic rings. The van der Waals surface area contributed by atoms with E-state index in [2.05, 4.69) is 5.10 Å². The van der Waals surface area contributed by atoms with Gasteiger partial charge in [-0.1, -0.05) is 41.4 Å². The Morgan fingerprint density at radius 1 is 1.38 bits per heavy atom. The number of nitrogens with zero attached hydrogens (tertiary/aromatic N) is 3. The molecule has 0 spiro atoms. The standard InChI is InChI=1S/C17H19Cl2N3O2/c1-11-9-21(7-8-24-11)17(23)15-12(2)20-22(16(15)19)10-13-5-3-4-6-14(13)18/h3-6,11H,7-10H2,1-2H3/t11-/m0/s1. The lowest BCUT2D eigenvalue weighted by Crippen LogP contribution is -2.44. The largest absolute Gasteiger partial charge is 0.375 e. The Morgan fingerprint density at radius 2 is 2.12 bits per heavy atom. The molecule has 1 amide bonds. The van der Waals surface area contributed by atoms with Crippen LogP contribution in [-0.4, -0.2) is 46.4 Å². The third-order valence-electron chi connectivity index (χ3n) is 4.09. The average molecular weight is 368 g/mol. The Hall–Kier alpha value is -1.56. The van der Waals surface area contributed by atoms with Crippen LogP contribution >= 0.6 is 23.2 Å². The fourth-order valence-electron chi connectivity index (χ4n) is 2.85. The maximum atomic E-state index is 12.8. The van der Waals surface area contributed by atoms with E-state index in [1.54, 1.807) is 16.5 Å². The summed E-state index contributed by atoms with van der Waals surface area (Å²) in [5, 5.41) is 5.42. The van der Waals surface area contributed by atoms with Gasteiger partial charge < -0.3 is 9.64 Å². The van der Waals surface area contributed by atoms with Gasteiger partial charge in [-0.05, 0) is 25.5 Å². The van der Waals surface area contributed by atoms with Crippen molar-refractivity contribution in [3.05, 3.63) is 51.3 Å². The van der Waals surface area contributed by atoms with Crippen LogP contribution in [0.3, 0.4) is 0 Å². The van der Waals surface area contributed by atoms with Gasteiger partial charge in [-0.3, -0.25) is 4.79 Å². The molecule has 0 radical (unpaired) electrons. The van der Waals surface area contributed by atoms with Gasteiger partial charge in [0.25, 0.3) is 5.91 Å². The van der Waals surface area contributed by atoms with E-state index < -0.39 is 0 Å². The molecular weight excluding hydrogens is 349 g/mol. The molecule has 24 heavy (non-hydrogen) atoms. The van der Waals surface area contributed by atoms with Gasteiger partial charge in [0, 0.05) is 18.1 Å². The van der Waals surface area contributed by atoms with Crippen LogP contribution < -0.4 is 0 Å². The molecular formula is C17H19Cl2N3O2. The van der Waals surface area contributed by atoms with Crippen molar-refractivity contribution >= 4 is 29.1 Å². The fourth-order valence-corrected chi connectivity index (χ4v) is 3.36. The van der Waals surface area contributed by atoms with Gasteiger partial charge in [0.1, 0.15) is 5.15 Å². The van der Waals surface area contributed by atoms with Crippen LogP contribution in [-0.2, 0) is 11.3 Å². The summed E-state index contributed by atoms with van der Waals surface area (Å²) < 4.78 is 7.11. The number of benzene rings is 1. The lowest BCUT2D eigenvalue weighted by Gasteiger charge is -2.31. The summed E-state index contributed by atoms with van der Waals surface area (Å²) in [6.45, 7) is 5.84. The number of aryl methyl sites for hydroxylation is 1. The van der Waals surface area contributed by atoms with Crippen LogP contribution in [0.4, 0.5) is 0 Å². The predicted octanol–water partition coefficient (Wildman–Crippen LogP) is 3.41. The molecule has 7 heteroatoms. The Balaban J connectivity index is 1.86. The van der Waals surface area contributed by atoms with Crippen molar-refractivity contribution in [2.24, 2.45) is 0 Å². The minimum Gasteiger partial charge on any atom is -0.375 e. The van der Waals surface area contributed by atoms with Crippen LogP contribution in [0, 0.1) is 6.92 Å². The van der Waals surface area contributed by atoms with Gasteiger partial charge in [0.2, 0.25) is 0 Å². The number of rotatable bonds is 3. The molecule has 2 heterocycles. The maximum absolute atomic E-state index is 12.8. The smallest absolute Gasteiger partial charge is 0.259 e. The monoisotopic (exact) mass is 367 g/mol. The molecule has 1 aliphatic heterocycles. The van der Waals surface area contributed by atoms with Crippen molar-refractivity contribution in [3.63, 3.8) is 0 Å². The number of amides is 1. The molecule has 1 saturated heterocycles. The van der Waals surface area contributed by atoms with Crippen LogP contribution in [0.1, 0.15) is 28.5 Å². The van der Waals surface area contributed by atoms with E-state index in [0.717, 1.165) is 5.56 Å². The van der Waals surface area contributed by atoms with Gasteiger partial charge >= 0.3 is 0 Å². The predicted molar refractivity (Wildman–Crippen MR) is 93.8 cm³/mol. The lowest BCUT2D eigenvalue weighted by molar-refractivity contribution is -0.0124. The van der Waals surface area contributed by atoms with Crippen molar-refractivity contribution in [2.45, 2.75) is 26.5 Å². The van der Waals surface area contributed by atoms with Crippen molar-refractivity contribution in [3.8, 4) is 0 Å². The summed E-state index contributed by atoms with van der Waals surface area (Å²) in [6, 6.07) is 7.52. The van der Waals surface area contributed by atoms with Crippen molar-refractivity contribution < 1.29 is 9.53 Å². The van der Waals surface area contributed by atoms with Crippen molar-refractivity contribution in [1.82, 2.24) is 14.7 Å². The van der Waals surface area contributed by atoms with Crippen LogP contribution in [0.25, 0.3) is 0 Å². The topological polar surface area (TPSA) is 47.4 Å². The van der Waals surface area contributed by atoms with Gasteiger partial charge in [0.15, 0.2) is 0 Å². The summed E-state index contributed by atoms with van der Waals surface area (Å²) in [5.74, 6) is -0.0990. The molecule has 1 aromatic heterocycles. The normalized spacial score (nSPS) is 18.0. The highest BCUT2D eigenvalue weighted by molar-refractivity contribution is 6.33. The summed E-state index contributed by atoms with van der Waals surface area (Å²) in [7, 11) is 0. The fraction of sp³-hybridized carbons (Fsp3) is 0.412. The summed E-state index contributed by atoms with van der Waals surface area (Å²) in [6.07, 6.45) is 0.0277. The van der Waals surface area contributed by atoms with Gasteiger partial charge in [0.05, 0.1) is 30.5 Å². The first-order chi connectivity index (χ1) is 11.5. The number of halogens is 2. The van der Waals surface area contributed by atoms with E-state index in [0.29, 0.717) is 47.7 Å². The van der Waals surface area contributed by atoms with Gasteiger partial charge in [-0.25, -0.2) is 4.68 Å². The molecule has 2 aromatic rings. The number of carbonyl (C=O) groups is 1. The SMILES string of the molecule is Cc1nn(Cc2ccccc2Cl)c(Cl)c1C(=O)N1CCO[C@@H](C)C1. The van der Waals surface area contributed by atoms with E-state index in [1.165, 1.54) is 0 Å². The molecule has 5 nitrogen and oxygen atoms in total. The first-order valence-electron chi connectivity index (χ1n) is 7.84. The second-order valence-corrected chi connectivity index (χ2v) is 6.70. The molecule has 1 aromatic carbocycles. The van der Waals surface area contributed by atoms with Gasteiger partial charge in [-0.2, -0.15) is 5.10 Å². The molecule has 0 N–H and O–H groups in total. The second-order valence-electron chi connectivity index (χ2n) is 5.93. The van der Waals surface area contributed by atoms with E-state index in [4.69, 9.17) is 27.9 Å². The van der Waals surface area contributed by atoms with Crippen LogP contribution in [0.5, 0.6) is 0 Å². The zero-order valence-corrected chi connectivity index (χ0v) is 15.1. The first kappa shape index (κ1) is 17.3. The summed E-state index contributed by atoms with van der Waals surface area (Å²) >= 11 is 12.7. The Labute approximate surface area is 151 Å². The second kappa shape index (κ2) is 7.13. The Bertz CT molecular complexity index is 760. The third kappa shape index (κ3) is 3.43. The van der Waals surface area contributed by atoms with Crippen molar-refractivity contribution in [2.75, 3.05) is 19.7 Å². The summed E-state index contributed by atoms with van der Waals surface area (Å²) in [4.78, 5) is 14.6. The molecule has 0 saturated carbocycles. The Morgan fingerprint density at radius 3 is 2.83 bits per heavy atom. The maximum Gasteiger partial charge on any atom is 0.259 e. The third-order valence-corrected chi connectivity index (χ3v) is 4.84. The van der Waals surface area contributed by atoms with Gasteiger partial charge in [-0.15, -0.1) is 0 Å². The minimum absolute atomic E-state index is 0.0277. The number of hydrogen-bond donors (Lipinski definition) is 0.